The number of anilines is 2. The summed E-state index contributed by atoms with van der Waals surface area (Å²) in [5.41, 5.74) is 7.28. The van der Waals surface area contributed by atoms with Crippen LogP contribution < -0.4 is 10.6 Å². The molecule has 3 N–H and O–H groups in total. The van der Waals surface area contributed by atoms with E-state index >= 15 is 0 Å². The fraction of sp³-hybridized carbons (Fsp3) is 0.0909. The van der Waals surface area contributed by atoms with Gasteiger partial charge in [0.15, 0.2) is 0 Å². The highest BCUT2D eigenvalue weighted by atomic mass is 16.2. The zero-order valence-corrected chi connectivity index (χ0v) is 8.84. The molecule has 0 aliphatic rings. The lowest BCUT2D eigenvalue weighted by molar-refractivity contribution is 0.0989. The summed E-state index contributed by atoms with van der Waals surface area (Å²) >= 11 is 0. The van der Waals surface area contributed by atoms with Crippen LogP contribution in [-0.4, -0.2) is 22.9 Å². The van der Waals surface area contributed by atoms with Crippen molar-refractivity contribution < 1.29 is 4.79 Å². The Balaban J connectivity index is 2.23. The summed E-state index contributed by atoms with van der Waals surface area (Å²) in [6.45, 7) is 0. The second-order valence-corrected chi connectivity index (χ2v) is 3.42. The first kappa shape index (κ1) is 10.2. The Morgan fingerprint density at radius 3 is 2.94 bits per heavy atom. The number of nitrogen functional groups attached to an aromatic ring is 1. The number of pyridine rings is 1. The number of nitrogens with zero attached hydrogens (tertiary/aromatic N) is 2. The Morgan fingerprint density at radius 2 is 2.38 bits per heavy atom. The van der Waals surface area contributed by atoms with Crippen molar-refractivity contribution in [1.29, 1.82) is 0 Å². The predicted molar refractivity (Wildman–Crippen MR) is 62.2 cm³/mol. The van der Waals surface area contributed by atoms with E-state index < -0.39 is 0 Å². The molecule has 0 aromatic carbocycles. The van der Waals surface area contributed by atoms with Gasteiger partial charge in [-0.25, -0.2) is 0 Å². The van der Waals surface area contributed by atoms with Gasteiger partial charge in [-0.05, 0) is 18.2 Å². The number of carbonyl (C=O) groups excluding carboxylic acids is 1. The molecule has 16 heavy (non-hydrogen) atoms. The van der Waals surface area contributed by atoms with Crippen molar-refractivity contribution >= 4 is 17.3 Å². The van der Waals surface area contributed by atoms with Crippen LogP contribution in [0.3, 0.4) is 0 Å². The van der Waals surface area contributed by atoms with Gasteiger partial charge in [0.1, 0.15) is 5.69 Å². The molecule has 0 aliphatic carbocycles. The van der Waals surface area contributed by atoms with Crippen LogP contribution in [0.15, 0.2) is 36.8 Å². The number of aromatic amines is 1. The van der Waals surface area contributed by atoms with Crippen molar-refractivity contribution in [2.24, 2.45) is 0 Å². The molecule has 2 aromatic rings. The number of amides is 1. The fourth-order valence-corrected chi connectivity index (χ4v) is 1.38. The molecule has 0 bridgehead atoms. The second-order valence-electron chi connectivity index (χ2n) is 3.42. The molecule has 82 valence electrons. The Labute approximate surface area is 92.9 Å². The molecule has 0 spiro atoms. The molecule has 0 saturated heterocycles. The van der Waals surface area contributed by atoms with Gasteiger partial charge in [-0.1, -0.05) is 0 Å². The normalized spacial score (nSPS) is 10.1. The van der Waals surface area contributed by atoms with Crippen LogP contribution in [0.2, 0.25) is 0 Å². The molecular weight excluding hydrogens is 204 g/mol. The molecule has 0 atom stereocenters. The first-order valence-electron chi connectivity index (χ1n) is 4.80. The molecule has 5 nitrogen and oxygen atoms in total. The molecule has 0 fully saturated rings. The molecule has 2 aromatic heterocycles. The SMILES string of the molecule is CN(C(=O)c1cc(N)c[nH]1)c1cccnc1. The fourth-order valence-electron chi connectivity index (χ4n) is 1.38. The molecule has 1 amide bonds. The molecule has 0 saturated carbocycles. The first-order valence-corrected chi connectivity index (χ1v) is 4.80. The van der Waals surface area contributed by atoms with E-state index in [1.807, 2.05) is 6.07 Å². The van der Waals surface area contributed by atoms with Crippen LogP contribution in [-0.2, 0) is 0 Å². The number of carbonyl (C=O) groups is 1. The summed E-state index contributed by atoms with van der Waals surface area (Å²) in [6.07, 6.45) is 4.88. The van der Waals surface area contributed by atoms with E-state index in [1.165, 1.54) is 4.90 Å². The number of rotatable bonds is 2. The van der Waals surface area contributed by atoms with Gasteiger partial charge < -0.3 is 15.6 Å². The lowest BCUT2D eigenvalue weighted by atomic mass is 10.3. The van der Waals surface area contributed by atoms with Crippen LogP contribution in [0.5, 0.6) is 0 Å². The number of aromatic nitrogens is 2. The van der Waals surface area contributed by atoms with Crippen molar-refractivity contribution in [3.8, 4) is 0 Å². The minimum absolute atomic E-state index is 0.148. The van der Waals surface area contributed by atoms with Crippen LogP contribution in [0, 0.1) is 0 Å². The highest BCUT2D eigenvalue weighted by Gasteiger charge is 2.14. The van der Waals surface area contributed by atoms with Gasteiger partial charge in [-0.15, -0.1) is 0 Å². The smallest absolute Gasteiger partial charge is 0.274 e. The summed E-state index contributed by atoms with van der Waals surface area (Å²) in [4.78, 5) is 20.3. The zero-order valence-electron chi connectivity index (χ0n) is 8.84. The maximum Gasteiger partial charge on any atom is 0.274 e. The third-order valence-electron chi connectivity index (χ3n) is 2.27. The van der Waals surface area contributed by atoms with Crippen molar-refractivity contribution in [3.63, 3.8) is 0 Å². The van der Waals surface area contributed by atoms with Gasteiger partial charge in [-0.3, -0.25) is 9.78 Å². The predicted octanol–water partition coefficient (Wildman–Crippen LogP) is 1.27. The lowest BCUT2D eigenvalue weighted by Gasteiger charge is -2.15. The Hall–Kier alpha value is -2.30. The van der Waals surface area contributed by atoms with E-state index in [4.69, 9.17) is 5.73 Å². The average Bonchev–Trinajstić information content (AvgIpc) is 2.75. The van der Waals surface area contributed by atoms with Crippen molar-refractivity contribution in [1.82, 2.24) is 9.97 Å². The number of hydrogen-bond acceptors (Lipinski definition) is 3. The van der Waals surface area contributed by atoms with Crippen molar-refractivity contribution in [3.05, 3.63) is 42.5 Å². The maximum absolute atomic E-state index is 12.0. The highest BCUT2D eigenvalue weighted by molar-refractivity contribution is 6.04. The van der Waals surface area contributed by atoms with Crippen molar-refractivity contribution in [2.45, 2.75) is 0 Å². The highest BCUT2D eigenvalue weighted by Crippen LogP contribution is 2.14. The van der Waals surface area contributed by atoms with E-state index in [-0.39, 0.29) is 5.91 Å². The van der Waals surface area contributed by atoms with Gasteiger partial charge in [-0.2, -0.15) is 0 Å². The van der Waals surface area contributed by atoms with Crippen molar-refractivity contribution in [2.75, 3.05) is 17.7 Å². The Kier molecular flexibility index (Phi) is 2.59. The number of H-pyrrole nitrogens is 1. The topological polar surface area (TPSA) is 75.0 Å². The summed E-state index contributed by atoms with van der Waals surface area (Å²) in [7, 11) is 1.69. The van der Waals surface area contributed by atoms with E-state index in [0.717, 1.165) is 5.69 Å². The minimum atomic E-state index is -0.148. The summed E-state index contributed by atoms with van der Waals surface area (Å²) < 4.78 is 0. The summed E-state index contributed by atoms with van der Waals surface area (Å²) in [5.74, 6) is -0.148. The third-order valence-corrected chi connectivity index (χ3v) is 2.27. The molecular formula is C11H12N4O. The largest absolute Gasteiger partial charge is 0.397 e. The van der Waals surface area contributed by atoms with E-state index in [2.05, 4.69) is 9.97 Å². The standard InChI is InChI=1S/C11H12N4O/c1-15(9-3-2-4-13-7-9)11(16)10-5-8(12)6-14-10/h2-7,14H,12H2,1H3. The van der Waals surface area contributed by atoms with Gasteiger partial charge in [0.05, 0.1) is 11.9 Å². The van der Waals surface area contributed by atoms with E-state index in [0.29, 0.717) is 11.4 Å². The molecule has 0 aliphatic heterocycles. The maximum atomic E-state index is 12.0. The van der Waals surface area contributed by atoms with E-state index in [1.54, 1.807) is 37.8 Å². The number of nitrogens with two attached hydrogens (primary N) is 1. The molecule has 2 rings (SSSR count). The molecule has 5 heteroatoms. The third kappa shape index (κ3) is 1.88. The zero-order chi connectivity index (χ0) is 11.5. The van der Waals surface area contributed by atoms with Gasteiger partial charge in [0.25, 0.3) is 5.91 Å². The van der Waals surface area contributed by atoms with Crippen LogP contribution in [0.4, 0.5) is 11.4 Å². The molecule has 0 unspecified atom stereocenters. The number of hydrogen-bond donors (Lipinski definition) is 2. The Morgan fingerprint density at radius 1 is 1.56 bits per heavy atom. The van der Waals surface area contributed by atoms with Gasteiger partial charge in [0, 0.05) is 25.1 Å². The van der Waals surface area contributed by atoms with Gasteiger partial charge >= 0.3 is 0 Å². The summed E-state index contributed by atoms with van der Waals surface area (Å²) in [5, 5.41) is 0. The van der Waals surface area contributed by atoms with Crippen LogP contribution >= 0.6 is 0 Å². The summed E-state index contributed by atoms with van der Waals surface area (Å²) in [6, 6.07) is 5.20. The average molecular weight is 216 g/mol. The van der Waals surface area contributed by atoms with E-state index in [9.17, 15) is 4.79 Å². The number of nitrogens with one attached hydrogen (secondary N) is 1. The monoisotopic (exact) mass is 216 g/mol. The minimum Gasteiger partial charge on any atom is -0.397 e. The molecule has 2 heterocycles. The van der Waals surface area contributed by atoms with Crippen LogP contribution in [0.1, 0.15) is 10.5 Å². The first-order chi connectivity index (χ1) is 7.68. The quantitative estimate of drug-likeness (QED) is 0.793. The lowest BCUT2D eigenvalue weighted by Crippen LogP contribution is -2.26. The van der Waals surface area contributed by atoms with Gasteiger partial charge in [0.2, 0.25) is 0 Å². The van der Waals surface area contributed by atoms with Crippen LogP contribution in [0.25, 0.3) is 0 Å². The molecule has 0 radical (unpaired) electrons. The Bertz CT molecular complexity index is 492. The second kappa shape index (κ2) is 4.06.